The number of amides is 1. The number of halogens is 1. The van der Waals surface area contributed by atoms with Gasteiger partial charge in [-0.05, 0) is 38.5 Å². The number of sulfone groups is 1. The largest absolute Gasteiger partial charge is 0.480 e. The van der Waals surface area contributed by atoms with Crippen LogP contribution in [0.3, 0.4) is 0 Å². The third-order valence-electron chi connectivity index (χ3n) is 6.80. The van der Waals surface area contributed by atoms with Gasteiger partial charge in [-0.15, -0.1) is 0 Å². The molecule has 3 N–H and O–H groups in total. The number of methoxy groups -OCH3 is 1. The minimum atomic E-state index is -3.60. The molecular formula is C22H26FN5O5S. The molecule has 1 amide bonds. The first-order valence-electron chi connectivity index (χ1n) is 10.6. The standard InChI is InChI=1S/C22H26FN5O5S/c1-12-15-8-21(2,34(4,30)31)20(24)28-22(15,11-33-12)14-7-13(5-6-16(14)23)27-19(29)17-9-26-18(32-3)10-25-17/h5-7,9-10,12,15H,8,11H2,1-4H3,(H2,24,28)(H,27,29)/t12-,15-,21-,22-/m1/s1. The molecule has 2 aliphatic heterocycles. The van der Waals surface area contributed by atoms with Crippen LogP contribution in [0.15, 0.2) is 35.6 Å². The highest BCUT2D eigenvalue weighted by Gasteiger charge is 2.59. The Labute approximate surface area is 196 Å². The molecule has 1 aromatic heterocycles. The zero-order valence-electron chi connectivity index (χ0n) is 19.2. The van der Waals surface area contributed by atoms with Crippen molar-refractivity contribution in [3.63, 3.8) is 0 Å². The molecule has 1 aromatic carbocycles. The van der Waals surface area contributed by atoms with Crippen LogP contribution in [0, 0.1) is 11.7 Å². The predicted octanol–water partition coefficient (Wildman–Crippen LogP) is 1.67. The van der Waals surface area contributed by atoms with E-state index in [-0.39, 0.29) is 42.1 Å². The minimum absolute atomic E-state index is 0.0254. The Morgan fingerprint density at radius 1 is 1.32 bits per heavy atom. The lowest BCUT2D eigenvalue weighted by Gasteiger charge is -2.43. The van der Waals surface area contributed by atoms with Crippen LogP contribution >= 0.6 is 0 Å². The van der Waals surface area contributed by atoms with E-state index in [9.17, 15) is 13.2 Å². The number of anilines is 1. The van der Waals surface area contributed by atoms with Gasteiger partial charge in [-0.25, -0.2) is 22.8 Å². The summed E-state index contributed by atoms with van der Waals surface area (Å²) in [5, 5.41) is 2.68. The van der Waals surface area contributed by atoms with Crippen LogP contribution in [0.1, 0.15) is 36.3 Å². The summed E-state index contributed by atoms with van der Waals surface area (Å²) in [6, 6.07) is 4.10. The van der Waals surface area contributed by atoms with Gasteiger partial charge in [0, 0.05) is 23.4 Å². The number of amidine groups is 1. The molecule has 0 spiro atoms. The number of nitrogens with two attached hydrogens (primary N) is 1. The number of hydrogen-bond donors (Lipinski definition) is 2. The maximum Gasteiger partial charge on any atom is 0.275 e. The average molecular weight is 492 g/mol. The van der Waals surface area contributed by atoms with E-state index >= 15 is 4.39 Å². The molecule has 0 saturated carbocycles. The van der Waals surface area contributed by atoms with Gasteiger partial charge in [-0.3, -0.25) is 9.79 Å². The van der Waals surface area contributed by atoms with E-state index < -0.39 is 37.8 Å². The Balaban J connectivity index is 1.73. The summed E-state index contributed by atoms with van der Waals surface area (Å²) < 4.78 is 49.6. The molecule has 0 radical (unpaired) electrons. The van der Waals surface area contributed by atoms with Gasteiger partial charge in [0.1, 0.15) is 27.6 Å². The van der Waals surface area contributed by atoms with E-state index in [1.54, 1.807) is 6.92 Å². The first kappa shape index (κ1) is 24.0. The highest BCUT2D eigenvalue weighted by atomic mass is 32.2. The molecule has 0 unspecified atom stereocenters. The Morgan fingerprint density at radius 2 is 2.06 bits per heavy atom. The number of nitrogens with zero attached hydrogens (tertiary/aromatic N) is 3. The van der Waals surface area contributed by atoms with Gasteiger partial charge in [0.05, 0.1) is 32.2 Å². The Morgan fingerprint density at radius 3 is 2.68 bits per heavy atom. The number of hydrogen-bond acceptors (Lipinski definition) is 9. The van der Waals surface area contributed by atoms with Crippen molar-refractivity contribution in [3.05, 3.63) is 47.7 Å². The summed E-state index contributed by atoms with van der Waals surface area (Å²) in [5.74, 6) is -1.40. The lowest BCUT2D eigenvalue weighted by atomic mass is 9.71. The number of rotatable bonds is 5. The molecule has 4 rings (SSSR count). The molecule has 3 heterocycles. The first-order chi connectivity index (χ1) is 15.9. The van der Waals surface area contributed by atoms with Crippen LogP contribution in [0.4, 0.5) is 10.1 Å². The number of carbonyl (C=O) groups excluding carboxylic acids is 1. The number of benzene rings is 1. The summed E-state index contributed by atoms with van der Waals surface area (Å²) in [6.07, 6.45) is 3.42. The van der Waals surface area contributed by atoms with Crippen molar-refractivity contribution >= 4 is 27.3 Å². The topological polar surface area (TPSA) is 146 Å². The third-order valence-corrected chi connectivity index (χ3v) is 8.81. The molecule has 2 aromatic rings. The second-order valence-electron chi connectivity index (χ2n) is 8.84. The normalized spacial score (nSPS) is 28.7. The molecular weight excluding hydrogens is 465 g/mol. The lowest BCUT2D eigenvalue weighted by molar-refractivity contribution is 0.102. The average Bonchev–Trinajstić information content (AvgIpc) is 3.10. The van der Waals surface area contributed by atoms with E-state index in [1.807, 2.05) is 0 Å². The quantitative estimate of drug-likeness (QED) is 0.642. The summed E-state index contributed by atoms with van der Waals surface area (Å²) in [4.78, 5) is 25.2. The van der Waals surface area contributed by atoms with Crippen LogP contribution in [-0.2, 0) is 20.1 Å². The highest BCUT2D eigenvalue weighted by Crippen LogP contribution is 2.51. The molecule has 2 aliphatic rings. The van der Waals surface area contributed by atoms with Gasteiger partial charge in [0.25, 0.3) is 5.91 Å². The van der Waals surface area contributed by atoms with E-state index in [1.165, 1.54) is 44.6 Å². The number of aromatic nitrogens is 2. The van der Waals surface area contributed by atoms with E-state index in [4.69, 9.17) is 15.2 Å². The Hall–Kier alpha value is -3.12. The van der Waals surface area contributed by atoms with Gasteiger partial charge >= 0.3 is 0 Å². The Kier molecular flexibility index (Phi) is 5.85. The molecule has 1 saturated heterocycles. The summed E-state index contributed by atoms with van der Waals surface area (Å²) in [5.41, 5.74) is 5.48. The van der Waals surface area contributed by atoms with E-state index in [0.717, 1.165) is 6.26 Å². The summed E-state index contributed by atoms with van der Waals surface area (Å²) >= 11 is 0. The van der Waals surface area contributed by atoms with Crippen molar-refractivity contribution in [1.29, 1.82) is 0 Å². The fourth-order valence-electron chi connectivity index (χ4n) is 4.53. The predicted molar refractivity (Wildman–Crippen MR) is 123 cm³/mol. The van der Waals surface area contributed by atoms with Crippen molar-refractivity contribution in [3.8, 4) is 5.88 Å². The summed E-state index contributed by atoms with van der Waals surface area (Å²) in [7, 11) is -2.17. The molecule has 12 heteroatoms. The fraction of sp³-hybridized carbons (Fsp3) is 0.455. The smallest absolute Gasteiger partial charge is 0.275 e. The third kappa shape index (κ3) is 3.80. The number of fused-ring (bicyclic) bond motifs is 1. The van der Waals surface area contributed by atoms with Crippen LogP contribution in [-0.4, -0.2) is 61.0 Å². The zero-order valence-corrected chi connectivity index (χ0v) is 20.0. The minimum Gasteiger partial charge on any atom is -0.480 e. The van der Waals surface area contributed by atoms with Crippen LogP contribution in [0.25, 0.3) is 0 Å². The molecule has 10 nitrogen and oxygen atoms in total. The number of aliphatic imine (C=N–C) groups is 1. The van der Waals surface area contributed by atoms with Gasteiger partial charge in [-0.2, -0.15) is 0 Å². The zero-order chi connectivity index (χ0) is 24.9. The molecule has 182 valence electrons. The number of carbonyl (C=O) groups is 1. The van der Waals surface area contributed by atoms with Crippen LogP contribution in [0.2, 0.25) is 0 Å². The number of ether oxygens (including phenoxy) is 2. The maximum absolute atomic E-state index is 15.2. The van der Waals surface area contributed by atoms with Crippen molar-refractivity contribution in [2.24, 2.45) is 16.6 Å². The first-order valence-corrected chi connectivity index (χ1v) is 12.4. The van der Waals surface area contributed by atoms with Crippen molar-refractivity contribution in [2.75, 3.05) is 25.3 Å². The molecule has 4 atom stereocenters. The van der Waals surface area contributed by atoms with Crippen molar-refractivity contribution < 1.29 is 27.1 Å². The monoisotopic (exact) mass is 491 g/mol. The van der Waals surface area contributed by atoms with Gasteiger partial charge < -0.3 is 20.5 Å². The molecule has 34 heavy (non-hydrogen) atoms. The molecule has 1 fully saturated rings. The van der Waals surface area contributed by atoms with Crippen LogP contribution in [0.5, 0.6) is 5.88 Å². The summed E-state index contributed by atoms with van der Waals surface area (Å²) in [6.45, 7) is 3.36. The van der Waals surface area contributed by atoms with Crippen molar-refractivity contribution in [1.82, 2.24) is 9.97 Å². The van der Waals surface area contributed by atoms with Gasteiger partial charge in [0.2, 0.25) is 5.88 Å². The lowest BCUT2D eigenvalue weighted by Crippen LogP contribution is -2.57. The van der Waals surface area contributed by atoms with Crippen molar-refractivity contribution in [2.45, 2.75) is 36.7 Å². The highest BCUT2D eigenvalue weighted by molar-refractivity contribution is 7.92. The molecule has 0 bridgehead atoms. The van der Waals surface area contributed by atoms with Gasteiger partial charge in [0.15, 0.2) is 9.84 Å². The van der Waals surface area contributed by atoms with Crippen LogP contribution < -0.4 is 15.8 Å². The SMILES string of the molecule is COc1cnc(C(=O)Nc2ccc(F)c([C@]34CO[C@H](C)[C@H]3C[C@@](C)(S(C)(=O)=O)C(N)=N4)c2)cn1. The molecule has 0 aliphatic carbocycles. The second kappa shape index (κ2) is 8.27. The second-order valence-corrected chi connectivity index (χ2v) is 11.3. The van der Waals surface area contributed by atoms with E-state index in [0.29, 0.717) is 5.69 Å². The maximum atomic E-state index is 15.2. The van der Waals surface area contributed by atoms with Gasteiger partial charge in [-0.1, -0.05) is 0 Å². The Bertz CT molecular complexity index is 1270. The van der Waals surface area contributed by atoms with E-state index in [2.05, 4.69) is 20.3 Å². The number of nitrogens with one attached hydrogen (secondary N) is 1. The fourth-order valence-corrected chi connectivity index (χ4v) is 5.43.